The molecule has 0 aromatic heterocycles. The molecule has 1 atom stereocenters. The van der Waals surface area contributed by atoms with Gasteiger partial charge in [0, 0.05) is 12.7 Å². The topological polar surface area (TPSA) is 84.2 Å². The molecule has 0 bridgehead atoms. The standard InChI is InChI=1S/C13H18ClN3O2/c1-3-4-11(15)13(19)17-8-5-6-10(14)9(7-8)12(18)16-2/h5-7,11H,3-4,15H2,1-2H3,(H,16,18)(H,17,19)/t11-/m1/s1. The summed E-state index contributed by atoms with van der Waals surface area (Å²) in [6.45, 7) is 1.96. The van der Waals surface area contributed by atoms with Crippen molar-refractivity contribution in [1.29, 1.82) is 0 Å². The van der Waals surface area contributed by atoms with Crippen LogP contribution in [0.1, 0.15) is 30.1 Å². The Kier molecular flexibility index (Phi) is 5.79. The molecule has 2 amide bonds. The van der Waals surface area contributed by atoms with E-state index < -0.39 is 6.04 Å². The smallest absolute Gasteiger partial charge is 0.252 e. The van der Waals surface area contributed by atoms with Gasteiger partial charge in [0.2, 0.25) is 5.91 Å². The summed E-state index contributed by atoms with van der Waals surface area (Å²) in [6.07, 6.45) is 1.44. The number of carbonyl (C=O) groups is 2. The molecule has 0 spiro atoms. The number of amides is 2. The normalized spacial score (nSPS) is 11.8. The van der Waals surface area contributed by atoms with E-state index in [9.17, 15) is 9.59 Å². The average Bonchev–Trinajstić information content (AvgIpc) is 2.40. The van der Waals surface area contributed by atoms with Crippen LogP contribution < -0.4 is 16.4 Å². The van der Waals surface area contributed by atoms with Crippen LogP contribution in [-0.4, -0.2) is 24.9 Å². The molecule has 0 saturated heterocycles. The van der Waals surface area contributed by atoms with Gasteiger partial charge in [-0.25, -0.2) is 0 Å². The van der Waals surface area contributed by atoms with Crippen molar-refractivity contribution in [3.8, 4) is 0 Å². The van der Waals surface area contributed by atoms with E-state index in [0.717, 1.165) is 6.42 Å². The van der Waals surface area contributed by atoms with Crippen LogP contribution >= 0.6 is 11.6 Å². The fourth-order valence-electron chi connectivity index (χ4n) is 1.59. The van der Waals surface area contributed by atoms with Crippen molar-refractivity contribution in [2.45, 2.75) is 25.8 Å². The van der Waals surface area contributed by atoms with E-state index in [2.05, 4.69) is 10.6 Å². The first-order valence-corrected chi connectivity index (χ1v) is 6.45. The van der Waals surface area contributed by atoms with Crippen LogP contribution in [0.4, 0.5) is 5.69 Å². The number of nitrogens with one attached hydrogen (secondary N) is 2. The molecular weight excluding hydrogens is 266 g/mol. The lowest BCUT2D eigenvalue weighted by Gasteiger charge is -2.12. The fraction of sp³-hybridized carbons (Fsp3) is 0.385. The second-order valence-electron chi connectivity index (χ2n) is 4.16. The van der Waals surface area contributed by atoms with Gasteiger partial charge in [0.15, 0.2) is 0 Å². The first-order valence-electron chi connectivity index (χ1n) is 6.07. The predicted octanol–water partition coefficient (Wildman–Crippen LogP) is 1.77. The largest absolute Gasteiger partial charge is 0.355 e. The summed E-state index contributed by atoms with van der Waals surface area (Å²) in [5.41, 5.74) is 6.52. The zero-order chi connectivity index (χ0) is 14.4. The summed E-state index contributed by atoms with van der Waals surface area (Å²) in [5.74, 6) is -0.578. The van der Waals surface area contributed by atoms with Crippen LogP contribution in [0.5, 0.6) is 0 Å². The maximum absolute atomic E-state index is 11.8. The minimum Gasteiger partial charge on any atom is -0.355 e. The number of hydrogen-bond donors (Lipinski definition) is 3. The summed E-state index contributed by atoms with van der Waals surface area (Å²) in [7, 11) is 1.51. The summed E-state index contributed by atoms with van der Waals surface area (Å²) < 4.78 is 0. The Labute approximate surface area is 117 Å². The van der Waals surface area contributed by atoms with Gasteiger partial charge in [0.1, 0.15) is 0 Å². The van der Waals surface area contributed by atoms with Crippen LogP contribution in [0.15, 0.2) is 18.2 Å². The van der Waals surface area contributed by atoms with Gasteiger partial charge in [-0.15, -0.1) is 0 Å². The van der Waals surface area contributed by atoms with E-state index in [4.69, 9.17) is 17.3 Å². The van der Waals surface area contributed by atoms with Crippen molar-refractivity contribution in [3.63, 3.8) is 0 Å². The van der Waals surface area contributed by atoms with Crippen LogP contribution in [0, 0.1) is 0 Å². The highest BCUT2D eigenvalue weighted by molar-refractivity contribution is 6.34. The SMILES string of the molecule is CCC[C@@H](N)C(=O)Nc1ccc(Cl)c(C(=O)NC)c1. The Balaban J connectivity index is 2.85. The Hall–Kier alpha value is -1.59. The number of hydrogen-bond acceptors (Lipinski definition) is 3. The molecule has 0 aliphatic rings. The molecular formula is C13H18ClN3O2. The molecule has 4 N–H and O–H groups in total. The van der Waals surface area contributed by atoms with E-state index >= 15 is 0 Å². The molecule has 6 heteroatoms. The van der Waals surface area contributed by atoms with Crippen molar-refractivity contribution in [2.75, 3.05) is 12.4 Å². The number of halogens is 1. The number of benzene rings is 1. The summed E-state index contributed by atoms with van der Waals surface area (Å²) >= 11 is 5.92. The third-order valence-electron chi connectivity index (χ3n) is 2.64. The maximum atomic E-state index is 11.8. The predicted molar refractivity (Wildman–Crippen MR) is 76.4 cm³/mol. The van der Waals surface area contributed by atoms with Crippen LogP contribution in [-0.2, 0) is 4.79 Å². The molecule has 0 fully saturated rings. The molecule has 0 heterocycles. The van der Waals surface area contributed by atoms with Crippen molar-refractivity contribution in [3.05, 3.63) is 28.8 Å². The number of rotatable bonds is 5. The fourth-order valence-corrected chi connectivity index (χ4v) is 1.79. The minimum atomic E-state index is -0.552. The van der Waals surface area contributed by atoms with E-state index in [1.165, 1.54) is 13.1 Å². The van der Waals surface area contributed by atoms with Gasteiger partial charge in [-0.2, -0.15) is 0 Å². The lowest BCUT2D eigenvalue weighted by atomic mass is 10.1. The Morgan fingerprint density at radius 2 is 2.11 bits per heavy atom. The third kappa shape index (κ3) is 4.22. The van der Waals surface area contributed by atoms with Gasteiger partial charge >= 0.3 is 0 Å². The van der Waals surface area contributed by atoms with E-state index in [1.807, 2.05) is 6.92 Å². The lowest BCUT2D eigenvalue weighted by molar-refractivity contribution is -0.117. The van der Waals surface area contributed by atoms with Crippen LogP contribution in [0.3, 0.4) is 0 Å². The molecule has 0 unspecified atom stereocenters. The minimum absolute atomic E-state index is 0.271. The average molecular weight is 284 g/mol. The van der Waals surface area contributed by atoms with Crippen molar-refractivity contribution >= 4 is 29.1 Å². The highest BCUT2D eigenvalue weighted by atomic mass is 35.5. The quantitative estimate of drug-likeness (QED) is 0.770. The number of anilines is 1. The number of carbonyl (C=O) groups excluding carboxylic acids is 2. The van der Waals surface area contributed by atoms with E-state index in [0.29, 0.717) is 22.7 Å². The molecule has 1 aromatic carbocycles. The summed E-state index contributed by atoms with van der Waals surface area (Å²) in [5, 5.41) is 5.48. The number of nitrogens with two attached hydrogens (primary N) is 1. The second kappa shape index (κ2) is 7.11. The molecule has 1 aromatic rings. The first kappa shape index (κ1) is 15.5. The zero-order valence-corrected chi connectivity index (χ0v) is 11.8. The van der Waals surface area contributed by atoms with E-state index in [-0.39, 0.29) is 11.8 Å². The van der Waals surface area contributed by atoms with Gasteiger partial charge in [0.05, 0.1) is 16.6 Å². The third-order valence-corrected chi connectivity index (χ3v) is 2.97. The molecule has 0 saturated carbocycles. The maximum Gasteiger partial charge on any atom is 0.252 e. The van der Waals surface area contributed by atoms with Crippen LogP contribution in [0.2, 0.25) is 5.02 Å². The molecule has 104 valence electrons. The van der Waals surface area contributed by atoms with Gasteiger partial charge in [-0.3, -0.25) is 9.59 Å². The van der Waals surface area contributed by atoms with Crippen molar-refractivity contribution in [2.24, 2.45) is 5.73 Å². The Morgan fingerprint density at radius 3 is 2.68 bits per heavy atom. The Bertz CT molecular complexity index is 477. The molecule has 1 rings (SSSR count). The van der Waals surface area contributed by atoms with Gasteiger partial charge in [-0.05, 0) is 24.6 Å². The molecule has 19 heavy (non-hydrogen) atoms. The monoisotopic (exact) mass is 283 g/mol. The lowest BCUT2D eigenvalue weighted by Crippen LogP contribution is -2.35. The molecule has 5 nitrogen and oxygen atoms in total. The molecule has 0 radical (unpaired) electrons. The van der Waals surface area contributed by atoms with Crippen molar-refractivity contribution < 1.29 is 9.59 Å². The molecule has 0 aliphatic carbocycles. The first-order chi connectivity index (χ1) is 8.99. The van der Waals surface area contributed by atoms with Crippen molar-refractivity contribution in [1.82, 2.24) is 5.32 Å². The van der Waals surface area contributed by atoms with Crippen LogP contribution in [0.25, 0.3) is 0 Å². The van der Waals surface area contributed by atoms with Gasteiger partial charge < -0.3 is 16.4 Å². The Morgan fingerprint density at radius 1 is 1.42 bits per heavy atom. The second-order valence-corrected chi connectivity index (χ2v) is 4.57. The highest BCUT2D eigenvalue weighted by Crippen LogP contribution is 2.20. The van der Waals surface area contributed by atoms with E-state index in [1.54, 1.807) is 12.1 Å². The summed E-state index contributed by atoms with van der Waals surface area (Å²) in [4.78, 5) is 23.3. The van der Waals surface area contributed by atoms with Gasteiger partial charge in [-0.1, -0.05) is 24.9 Å². The zero-order valence-electron chi connectivity index (χ0n) is 11.0. The highest BCUT2D eigenvalue weighted by Gasteiger charge is 2.14. The summed E-state index contributed by atoms with van der Waals surface area (Å²) in [6, 6.07) is 4.17. The van der Waals surface area contributed by atoms with Gasteiger partial charge in [0.25, 0.3) is 5.91 Å². The molecule has 0 aliphatic heterocycles.